The lowest BCUT2D eigenvalue weighted by Crippen LogP contribution is -2.13. The van der Waals surface area contributed by atoms with E-state index in [1.807, 2.05) is 31.2 Å². The molecule has 1 aromatic carbocycles. The molecule has 4 aromatic rings. The summed E-state index contributed by atoms with van der Waals surface area (Å²) in [5.41, 5.74) is 2.07. The Morgan fingerprint density at radius 3 is 2.73 bits per heavy atom. The summed E-state index contributed by atoms with van der Waals surface area (Å²) in [6.45, 7) is 9.20. The number of fused-ring (bicyclic) bond motifs is 2. The summed E-state index contributed by atoms with van der Waals surface area (Å²) in [5.74, 6) is 1.70. The number of rotatable bonds is 3. The molecular weight excluding hydrogens is 344 g/mol. The van der Waals surface area contributed by atoms with Crippen LogP contribution in [0.3, 0.4) is 0 Å². The molecule has 5 nitrogen and oxygen atoms in total. The summed E-state index contributed by atoms with van der Waals surface area (Å²) >= 11 is 1.61. The van der Waals surface area contributed by atoms with E-state index in [0.29, 0.717) is 11.8 Å². The van der Waals surface area contributed by atoms with Crippen LogP contribution in [-0.2, 0) is 18.4 Å². The van der Waals surface area contributed by atoms with Crippen LogP contribution in [0.25, 0.3) is 21.3 Å². The number of hydrogen-bond acceptors (Lipinski definition) is 4. The van der Waals surface area contributed by atoms with Gasteiger partial charge in [-0.25, -0.2) is 9.97 Å². The van der Waals surface area contributed by atoms with Crippen LogP contribution in [0.4, 0.5) is 0 Å². The average Bonchev–Trinajstić information content (AvgIpc) is 3.13. The Balaban J connectivity index is 1.67. The highest BCUT2D eigenvalue weighted by Crippen LogP contribution is 2.31. The van der Waals surface area contributed by atoms with E-state index in [1.54, 1.807) is 11.3 Å². The van der Waals surface area contributed by atoms with Crippen molar-refractivity contribution in [3.8, 4) is 0 Å². The molecule has 0 radical (unpaired) electrons. The fourth-order valence-corrected chi connectivity index (χ4v) is 4.27. The van der Waals surface area contributed by atoms with E-state index in [9.17, 15) is 4.79 Å². The second-order valence-corrected chi connectivity index (χ2v) is 8.67. The van der Waals surface area contributed by atoms with Crippen molar-refractivity contribution in [1.82, 2.24) is 19.5 Å². The molecule has 0 aliphatic carbocycles. The van der Waals surface area contributed by atoms with Crippen molar-refractivity contribution in [1.29, 1.82) is 0 Å². The number of aromatic amines is 1. The van der Waals surface area contributed by atoms with Gasteiger partial charge in [-0.2, -0.15) is 0 Å². The zero-order chi connectivity index (χ0) is 18.5. The Morgan fingerprint density at radius 1 is 1.19 bits per heavy atom. The summed E-state index contributed by atoms with van der Waals surface area (Å²) < 4.78 is 2.18. The predicted octanol–water partition coefficient (Wildman–Crippen LogP) is 4.18. The number of aryl methyl sites for hydroxylation is 3. The second-order valence-electron chi connectivity index (χ2n) is 7.64. The lowest BCUT2D eigenvalue weighted by atomic mass is 9.94. The number of H-pyrrole nitrogens is 1. The Hall–Kier alpha value is -2.47. The standard InChI is InChI=1S/C20H22N4OS/c1-12-21-14-7-5-6-8-15(14)24(12)10-9-17-22-18(25)13-11-16(20(2,3)4)26-19(13)23-17/h5-8,11H,9-10H2,1-4H3,(H,22,23,25). The topological polar surface area (TPSA) is 63.6 Å². The first-order valence-electron chi connectivity index (χ1n) is 8.78. The number of para-hydroxylation sites is 2. The summed E-state index contributed by atoms with van der Waals surface area (Å²) in [4.78, 5) is 26.7. The molecule has 0 aliphatic heterocycles. The van der Waals surface area contributed by atoms with Crippen LogP contribution in [0.15, 0.2) is 35.1 Å². The molecule has 0 spiro atoms. The third-order valence-electron chi connectivity index (χ3n) is 4.61. The van der Waals surface area contributed by atoms with Crippen LogP contribution in [0.2, 0.25) is 0 Å². The molecule has 26 heavy (non-hydrogen) atoms. The molecule has 1 N–H and O–H groups in total. The lowest BCUT2D eigenvalue weighted by molar-refractivity contribution is 0.604. The zero-order valence-electron chi connectivity index (χ0n) is 15.5. The molecule has 0 unspecified atom stereocenters. The molecule has 0 aliphatic rings. The fourth-order valence-electron chi connectivity index (χ4n) is 3.16. The highest BCUT2D eigenvalue weighted by molar-refractivity contribution is 7.18. The van der Waals surface area contributed by atoms with Crippen molar-refractivity contribution in [2.24, 2.45) is 0 Å². The van der Waals surface area contributed by atoms with E-state index >= 15 is 0 Å². The van der Waals surface area contributed by atoms with Gasteiger partial charge >= 0.3 is 0 Å². The third kappa shape index (κ3) is 2.94. The van der Waals surface area contributed by atoms with E-state index in [0.717, 1.165) is 34.1 Å². The molecule has 0 amide bonds. The van der Waals surface area contributed by atoms with Gasteiger partial charge in [0, 0.05) is 17.8 Å². The largest absolute Gasteiger partial charge is 0.328 e. The number of nitrogens with one attached hydrogen (secondary N) is 1. The number of hydrogen-bond donors (Lipinski definition) is 1. The van der Waals surface area contributed by atoms with Gasteiger partial charge in [-0.1, -0.05) is 32.9 Å². The van der Waals surface area contributed by atoms with Gasteiger partial charge in [-0.15, -0.1) is 11.3 Å². The van der Waals surface area contributed by atoms with Crippen LogP contribution in [-0.4, -0.2) is 19.5 Å². The number of nitrogens with zero attached hydrogens (tertiary/aromatic N) is 3. The molecule has 134 valence electrons. The van der Waals surface area contributed by atoms with Gasteiger partial charge in [-0.05, 0) is 30.5 Å². The van der Waals surface area contributed by atoms with Crippen LogP contribution >= 0.6 is 11.3 Å². The molecule has 0 bridgehead atoms. The van der Waals surface area contributed by atoms with Crippen molar-refractivity contribution in [3.05, 3.63) is 57.2 Å². The Kier molecular flexibility index (Phi) is 3.95. The second kappa shape index (κ2) is 6.06. The minimum Gasteiger partial charge on any atom is -0.328 e. The quantitative estimate of drug-likeness (QED) is 0.591. The van der Waals surface area contributed by atoms with E-state index in [-0.39, 0.29) is 11.0 Å². The van der Waals surface area contributed by atoms with Crippen molar-refractivity contribution in [2.75, 3.05) is 0 Å². The number of benzene rings is 1. The summed E-state index contributed by atoms with van der Waals surface area (Å²) in [6.07, 6.45) is 0.662. The summed E-state index contributed by atoms with van der Waals surface area (Å²) in [6, 6.07) is 10.1. The first-order valence-corrected chi connectivity index (χ1v) is 9.59. The number of aromatic nitrogens is 4. The maximum Gasteiger partial charge on any atom is 0.259 e. The first-order chi connectivity index (χ1) is 12.3. The molecule has 0 saturated carbocycles. The van der Waals surface area contributed by atoms with E-state index < -0.39 is 0 Å². The number of imidazole rings is 1. The highest BCUT2D eigenvalue weighted by Gasteiger charge is 2.19. The van der Waals surface area contributed by atoms with Crippen molar-refractivity contribution in [3.63, 3.8) is 0 Å². The van der Waals surface area contributed by atoms with Crippen LogP contribution in [0.5, 0.6) is 0 Å². The van der Waals surface area contributed by atoms with Gasteiger partial charge in [0.2, 0.25) is 0 Å². The van der Waals surface area contributed by atoms with Gasteiger partial charge in [-0.3, -0.25) is 4.79 Å². The van der Waals surface area contributed by atoms with Crippen LogP contribution < -0.4 is 5.56 Å². The molecule has 4 rings (SSSR count). The van der Waals surface area contributed by atoms with Crippen molar-refractivity contribution in [2.45, 2.75) is 46.1 Å². The monoisotopic (exact) mass is 366 g/mol. The smallest absolute Gasteiger partial charge is 0.259 e. The molecule has 0 saturated heterocycles. The molecule has 0 atom stereocenters. The van der Waals surface area contributed by atoms with E-state index in [4.69, 9.17) is 4.98 Å². The first kappa shape index (κ1) is 17.0. The third-order valence-corrected chi connectivity index (χ3v) is 6.06. The van der Waals surface area contributed by atoms with Gasteiger partial charge in [0.25, 0.3) is 5.56 Å². The zero-order valence-corrected chi connectivity index (χ0v) is 16.3. The van der Waals surface area contributed by atoms with Crippen molar-refractivity contribution < 1.29 is 0 Å². The van der Waals surface area contributed by atoms with Crippen LogP contribution in [0, 0.1) is 6.92 Å². The minimum atomic E-state index is -0.0519. The lowest BCUT2D eigenvalue weighted by Gasteiger charge is -2.14. The van der Waals surface area contributed by atoms with Gasteiger partial charge in [0.1, 0.15) is 16.5 Å². The molecule has 3 heterocycles. The maximum atomic E-state index is 12.5. The molecular formula is C20H22N4OS. The van der Waals surface area contributed by atoms with E-state index in [1.165, 1.54) is 4.88 Å². The Bertz CT molecular complexity index is 1160. The van der Waals surface area contributed by atoms with Gasteiger partial charge < -0.3 is 9.55 Å². The normalized spacial score (nSPS) is 12.3. The molecule has 0 fully saturated rings. The van der Waals surface area contributed by atoms with Gasteiger partial charge in [0.05, 0.1) is 16.4 Å². The predicted molar refractivity (Wildman–Crippen MR) is 107 cm³/mol. The molecule has 6 heteroatoms. The summed E-state index contributed by atoms with van der Waals surface area (Å²) in [5, 5.41) is 0.688. The van der Waals surface area contributed by atoms with Crippen LogP contribution in [0.1, 0.15) is 37.3 Å². The van der Waals surface area contributed by atoms with Crippen molar-refractivity contribution >= 4 is 32.6 Å². The van der Waals surface area contributed by atoms with Gasteiger partial charge in [0.15, 0.2) is 0 Å². The maximum absolute atomic E-state index is 12.5. The van der Waals surface area contributed by atoms with E-state index in [2.05, 4.69) is 41.4 Å². The number of thiophene rings is 1. The Labute approximate surface area is 155 Å². The molecule has 3 aromatic heterocycles. The fraction of sp³-hybridized carbons (Fsp3) is 0.350. The summed E-state index contributed by atoms with van der Waals surface area (Å²) in [7, 11) is 0. The Morgan fingerprint density at radius 2 is 1.96 bits per heavy atom. The average molecular weight is 366 g/mol. The SMILES string of the molecule is Cc1nc2ccccc2n1CCc1nc2sc(C(C)(C)C)cc2c(=O)[nH]1. The minimum absolute atomic E-state index is 0.0187. The highest BCUT2D eigenvalue weighted by atomic mass is 32.1.